The molecule has 0 bridgehead atoms. The molecule has 0 spiro atoms. The molecule has 1 N–H and O–H groups in total. The molecular formula is C16H16N2S. The molecule has 0 atom stereocenters. The van der Waals surface area contributed by atoms with Gasteiger partial charge in [0, 0.05) is 24.4 Å². The number of rotatable bonds is 4. The minimum Gasteiger partial charge on any atom is -0.394 e. The molecule has 0 aliphatic carbocycles. The van der Waals surface area contributed by atoms with Crippen LogP contribution in [0.4, 0.5) is 0 Å². The summed E-state index contributed by atoms with van der Waals surface area (Å²) in [6.45, 7) is 0. The number of hydrogen-bond donors (Lipinski definition) is 1. The summed E-state index contributed by atoms with van der Waals surface area (Å²) in [6.07, 6.45) is 4.12. The van der Waals surface area contributed by atoms with E-state index in [4.69, 9.17) is 0 Å². The molecule has 2 rings (SSSR count). The fourth-order valence-electron chi connectivity index (χ4n) is 2.20. The van der Waals surface area contributed by atoms with Crippen molar-refractivity contribution in [3.8, 4) is 6.07 Å². The van der Waals surface area contributed by atoms with Gasteiger partial charge in [-0.15, -0.1) is 0 Å². The molecule has 0 fully saturated rings. The molecule has 2 nitrogen and oxygen atoms in total. The third kappa shape index (κ3) is 2.74. The van der Waals surface area contributed by atoms with Crippen LogP contribution in [-0.4, -0.2) is 19.1 Å². The first kappa shape index (κ1) is 13.5. The zero-order chi connectivity index (χ0) is 13.7. The summed E-state index contributed by atoms with van der Waals surface area (Å²) in [5.74, 6) is 0.941. The van der Waals surface area contributed by atoms with E-state index in [1.54, 1.807) is 11.8 Å². The van der Waals surface area contributed by atoms with Crippen LogP contribution in [0.15, 0.2) is 42.6 Å². The summed E-state index contributed by atoms with van der Waals surface area (Å²) in [4.78, 5) is 0. The Morgan fingerprint density at radius 2 is 2.00 bits per heavy atom. The summed E-state index contributed by atoms with van der Waals surface area (Å²) in [5.41, 5.74) is 3.17. The number of nitrogens with zero attached hydrogens (tertiary/aromatic N) is 1. The van der Waals surface area contributed by atoms with Gasteiger partial charge in [-0.3, -0.25) is 0 Å². The molecular weight excluding hydrogens is 252 g/mol. The standard InChI is InChI=1S/C16H16N2S/c1-18-10-13(11-19-2)15-8-7-12(9-17)14-5-3-4-6-16(14)15/h3-8,10,18H,11H2,1-2H3/b13-10+. The second kappa shape index (κ2) is 6.31. The second-order valence-corrected chi connectivity index (χ2v) is 5.08. The quantitative estimate of drug-likeness (QED) is 0.919. The Hall–Kier alpha value is -1.92. The smallest absolute Gasteiger partial charge is 0.0998 e. The highest BCUT2D eigenvalue weighted by molar-refractivity contribution is 7.99. The fourth-order valence-corrected chi connectivity index (χ4v) is 2.75. The van der Waals surface area contributed by atoms with Gasteiger partial charge in [-0.1, -0.05) is 30.3 Å². The fraction of sp³-hybridized carbons (Fsp3) is 0.188. The Labute approximate surface area is 118 Å². The maximum atomic E-state index is 9.19. The van der Waals surface area contributed by atoms with Crippen molar-refractivity contribution in [2.45, 2.75) is 0 Å². The van der Waals surface area contributed by atoms with E-state index in [2.05, 4.69) is 23.7 Å². The van der Waals surface area contributed by atoms with Crippen molar-refractivity contribution in [3.05, 3.63) is 53.7 Å². The van der Waals surface area contributed by atoms with Gasteiger partial charge in [0.1, 0.15) is 0 Å². The Morgan fingerprint density at radius 3 is 2.63 bits per heavy atom. The highest BCUT2D eigenvalue weighted by atomic mass is 32.2. The van der Waals surface area contributed by atoms with Gasteiger partial charge < -0.3 is 5.32 Å². The average Bonchev–Trinajstić information content (AvgIpc) is 2.46. The number of nitriles is 1. The van der Waals surface area contributed by atoms with Crippen LogP contribution < -0.4 is 5.32 Å². The Kier molecular flexibility index (Phi) is 4.48. The topological polar surface area (TPSA) is 35.8 Å². The number of hydrogen-bond acceptors (Lipinski definition) is 3. The third-order valence-corrected chi connectivity index (χ3v) is 3.61. The van der Waals surface area contributed by atoms with Crippen LogP contribution in [0.25, 0.3) is 16.3 Å². The number of nitrogens with one attached hydrogen (secondary N) is 1. The first-order valence-electron chi connectivity index (χ1n) is 6.09. The van der Waals surface area contributed by atoms with Crippen molar-refractivity contribution in [2.24, 2.45) is 0 Å². The van der Waals surface area contributed by atoms with Gasteiger partial charge in [0.25, 0.3) is 0 Å². The van der Waals surface area contributed by atoms with Crippen molar-refractivity contribution in [3.63, 3.8) is 0 Å². The van der Waals surface area contributed by atoms with Crippen LogP contribution >= 0.6 is 11.8 Å². The van der Waals surface area contributed by atoms with E-state index < -0.39 is 0 Å². The monoisotopic (exact) mass is 268 g/mol. The molecule has 3 heteroatoms. The molecule has 2 aromatic carbocycles. The van der Waals surface area contributed by atoms with E-state index in [1.165, 1.54) is 11.1 Å². The molecule has 0 unspecified atom stereocenters. The van der Waals surface area contributed by atoms with Crippen LogP contribution in [0, 0.1) is 11.3 Å². The lowest BCUT2D eigenvalue weighted by Crippen LogP contribution is -1.99. The van der Waals surface area contributed by atoms with E-state index in [0.29, 0.717) is 0 Å². The van der Waals surface area contributed by atoms with Crippen molar-refractivity contribution in [1.82, 2.24) is 5.32 Å². The Balaban J connectivity index is 2.68. The zero-order valence-corrected chi connectivity index (χ0v) is 11.9. The van der Waals surface area contributed by atoms with E-state index in [9.17, 15) is 5.26 Å². The van der Waals surface area contributed by atoms with Crippen molar-refractivity contribution < 1.29 is 0 Å². The normalized spacial score (nSPS) is 11.3. The lowest BCUT2D eigenvalue weighted by atomic mass is 9.96. The van der Waals surface area contributed by atoms with Gasteiger partial charge in [0.05, 0.1) is 11.6 Å². The average molecular weight is 268 g/mol. The van der Waals surface area contributed by atoms with Gasteiger partial charge in [-0.2, -0.15) is 17.0 Å². The number of thioether (sulfide) groups is 1. The molecule has 0 amide bonds. The molecule has 0 heterocycles. The van der Waals surface area contributed by atoms with Gasteiger partial charge in [0.15, 0.2) is 0 Å². The van der Waals surface area contributed by atoms with E-state index in [-0.39, 0.29) is 0 Å². The van der Waals surface area contributed by atoms with Crippen LogP contribution in [0.2, 0.25) is 0 Å². The van der Waals surface area contributed by atoms with Gasteiger partial charge in [-0.25, -0.2) is 0 Å². The molecule has 0 saturated carbocycles. The maximum absolute atomic E-state index is 9.19. The van der Waals surface area contributed by atoms with Crippen molar-refractivity contribution in [1.29, 1.82) is 5.26 Å². The van der Waals surface area contributed by atoms with Crippen LogP contribution in [0.5, 0.6) is 0 Å². The minimum atomic E-state index is 0.729. The number of fused-ring (bicyclic) bond motifs is 1. The van der Waals surface area contributed by atoms with Crippen LogP contribution in [0.3, 0.4) is 0 Å². The largest absolute Gasteiger partial charge is 0.394 e. The lowest BCUT2D eigenvalue weighted by molar-refractivity contribution is 1.10. The van der Waals surface area contributed by atoms with Crippen LogP contribution in [0.1, 0.15) is 11.1 Å². The van der Waals surface area contributed by atoms with E-state index in [1.807, 2.05) is 43.6 Å². The zero-order valence-electron chi connectivity index (χ0n) is 11.1. The maximum Gasteiger partial charge on any atom is 0.0998 e. The molecule has 0 aliphatic rings. The van der Waals surface area contributed by atoms with Gasteiger partial charge in [-0.05, 0) is 28.8 Å². The summed E-state index contributed by atoms with van der Waals surface area (Å²) in [5, 5.41) is 14.5. The summed E-state index contributed by atoms with van der Waals surface area (Å²) >= 11 is 1.79. The van der Waals surface area contributed by atoms with Crippen molar-refractivity contribution >= 4 is 28.1 Å². The predicted molar refractivity (Wildman–Crippen MR) is 84.1 cm³/mol. The Bertz CT molecular complexity index is 653. The van der Waals surface area contributed by atoms with E-state index >= 15 is 0 Å². The highest BCUT2D eigenvalue weighted by Crippen LogP contribution is 2.28. The Morgan fingerprint density at radius 1 is 1.26 bits per heavy atom. The first-order valence-corrected chi connectivity index (χ1v) is 7.48. The van der Waals surface area contributed by atoms with Crippen molar-refractivity contribution in [2.75, 3.05) is 19.1 Å². The molecule has 2 aromatic rings. The highest BCUT2D eigenvalue weighted by Gasteiger charge is 2.08. The number of benzene rings is 2. The second-order valence-electron chi connectivity index (χ2n) is 4.21. The molecule has 96 valence electrons. The molecule has 0 saturated heterocycles. The first-order chi connectivity index (χ1) is 9.31. The van der Waals surface area contributed by atoms with Crippen LogP contribution in [-0.2, 0) is 0 Å². The molecule has 0 aromatic heterocycles. The van der Waals surface area contributed by atoms with E-state index in [0.717, 1.165) is 22.1 Å². The molecule has 0 aliphatic heterocycles. The molecule has 19 heavy (non-hydrogen) atoms. The summed E-state index contributed by atoms with van der Waals surface area (Å²) < 4.78 is 0. The summed E-state index contributed by atoms with van der Waals surface area (Å²) in [7, 11) is 1.91. The van der Waals surface area contributed by atoms with Gasteiger partial charge in [0.2, 0.25) is 0 Å². The predicted octanol–water partition coefficient (Wildman–Crippen LogP) is 3.63. The molecule has 0 radical (unpaired) electrons. The third-order valence-electron chi connectivity index (χ3n) is 3.01. The SMILES string of the molecule is CN/C=C(\CSC)c1ccc(C#N)c2ccccc12. The lowest BCUT2D eigenvalue weighted by Gasteiger charge is -2.11. The van der Waals surface area contributed by atoms with Gasteiger partial charge >= 0.3 is 0 Å². The minimum absolute atomic E-state index is 0.729. The summed E-state index contributed by atoms with van der Waals surface area (Å²) in [6, 6.07) is 14.3.